The van der Waals surface area contributed by atoms with Gasteiger partial charge < -0.3 is 9.47 Å². The zero-order chi connectivity index (χ0) is 22.8. The first-order chi connectivity index (χ1) is 15.6. The number of nitrogens with zero attached hydrogens (tertiary/aromatic N) is 2. The molecular formula is C25H26N2O5. The molecule has 2 aromatic carbocycles. The summed E-state index contributed by atoms with van der Waals surface area (Å²) < 4.78 is 10.8. The number of aromatic nitrogens is 1. The van der Waals surface area contributed by atoms with E-state index in [9.17, 15) is 14.9 Å². The van der Waals surface area contributed by atoms with Gasteiger partial charge >= 0.3 is 5.97 Å². The maximum atomic E-state index is 11.4. The Morgan fingerprint density at radius 1 is 0.938 bits per heavy atom. The predicted octanol–water partition coefficient (Wildman–Crippen LogP) is 5.83. The molecule has 0 saturated carbocycles. The molecule has 7 nitrogen and oxygen atoms in total. The first-order valence-electron chi connectivity index (χ1n) is 10.7. The van der Waals surface area contributed by atoms with Crippen LogP contribution in [-0.2, 0) is 9.53 Å². The Kier molecular flexibility index (Phi) is 8.31. The van der Waals surface area contributed by atoms with E-state index in [0.29, 0.717) is 25.5 Å². The molecule has 7 heteroatoms. The van der Waals surface area contributed by atoms with Gasteiger partial charge in [-0.3, -0.25) is 14.9 Å². The van der Waals surface area contributed by atoms with Gasteiger partial charge in [0.1, 0.15) is 0 Å². The van der Waals surface area contributed by atoms with Crippen LogP contribution < -0.4 is 4.74 Å². The van der Waals surface area contributed by atoms with Crippen molar-refractivity contribution in [2.24, 2.45) is 0 Å². The van der Waals surface area contributed by atoms with Crippen LogP contribution in [-0.4, -0.2) is 29.1 Å². The molecule has 0 aliphatic heterocycles. The highest BCUT2D eigenvalue weighted by atomic mass is 16.6. The number of unbranched alkanes of at least 4 members (excludes halogenated alkanes) is 2. The van der Waals surface area contributed by atoms with Gasteiger partial charge in [-0.25, -0.2) is 4.98 Å². The maximum Gasteiger partial charge on any atom is 0.305 e. The van der Waals surface area contributed by atoms with Gasteiger partial charge in [-0.1, -0.05) is 42.5 Å². The van der Waals surface area contributed by atoms with Crippen molar-refractivity contribution in [2.45, 2.75) is 32.6 Å². The summed E-state index contributed by atoms with van der Waals surface area (Å²) in [6.07, 6.45) is 2.78. The molecule has 1 aromatic heterocycles. The summed E-state index contributed by atoms with van der Waals surface area (Å²) in [6.45, 7) is 2.66. The SMILES string of the molecule is CCOC(=O)CCCCCOc1cc(-c2cccc([N+](=O)[O-])c2)cc(-c2ccccc2)n1. The third kappa shape index (κ3) is 6.63. The largest absolute Gasteiger partial charge is 0.478 e. The average Bonchev–Trinajstić information content (AvgIpc) is 2.82. The molecule has 0 bridgehead atoms. The fourth-order valence-corrected chi connectivity index (χ4v) is 3.26. The molecule has 0 fully saturated rings. The zero-order valence-electron chi connectivity index (χ0n) is 18.0. The second-order valence-corrected chi connectivity index (χ2v) is 7.22. The lowest BCUT2D eigenvalue weighted by atomic mass is 10.0. The standard InChI is InChI=1S/C25H26N2O5/c1-2-31-25(28)14-7-4-8-15-32-24-18-21(20-12-9-13-22(16-20)27(29)30)17-23(26-24)19-10-5-3-6-11-19/h3,5-6,9-13,16-18H,2,4,7-8,14-15H2,1H3. The average molecular weight is 434 g/mol. The molecule has 3 rings (SSSR count). The fourth-order valence-electron chi connectivity index (χ4n) is 3.26. The number of hydrogen-bond donors (Lipinski definition) is 0. The molecule has 0 N–H and O–H groups in total. The van der Waals surface area contributed by atoms with Gasteiger partial charge in [0.25, 0.3) is 5.69 Å². The van der Waals surface area contributed by atoms with E-state index in [1.54, 1.807) is 25.1 Å². The maximum absolute atomic E-state index is 11.4. The van der Waals surface area contributed by atoms with Crippen LogP contribution in [0.1, 0.15) is 32.6 Å². The van der Waals surface area contributed by atoms with Crippen LogP contribution in [0.4, 0.5) is 5.69 Å². The molecule has 0 saturated heterocycles. The van der Waals surface area contributed by atoms with Crippen molar-refractivity contribution in [1.29, 1.82) is 0 Å². The Labute approximate surface area is 187 Å². The van der Waals surface area contributed by atoms with E-state index in [4.69, 9.17) is 9.47 Å². The van der Waals surface area contributed by atoms with Crippen molar-refractivity contribution in [2.75, 3.05) is 13.2 Å². The van der Waals surface area contributed by atoms with Crippen molar-refractivity contribution in [1.82, 2.24) is 4.98 Å². The first-order valence-corrected chi connectivity index (χ1v) is 10.7. The molecule has 0 atom stereocenters. The van der Waals surface area contributed by atoms with Crippen LogP contribution in [0.25, 0.3) is 22.4 Å². The minimum Gasteiger partial charge on any atom is -0.478 e. The van der Waals surface area contributed by atoms with E-state index in [1.165, 1.54) is 6.07 Å². The fraction of sp³-hybridized carbons (Fsp3) is 0.280. The number of carbonyl (C=O) groups is 1. The highest BCUT2D eigenvalue weighted by Crippen LogP contribution is 2.30. The van der Waals surface area contributed by atoms with Crippen LogP contribution in [0.3, 0.4) is 0 Å². The lowest BCUT2D eigenvalue weighted by Gasteiger charge is -2.11. The Hall–Kier alpha value is -3.74. The summed E-state index contributed by atoms with van der Waals surface area (Å²) in [5.74, 6) is 0.283. The summed E-state index contributed by atoms with van der Waals surface area (Å²) in [5.41, 5.74) is 3.20. The van der Waals surface area contributed by atoms with Crippen molar-refractivity contribution < 1.29 is 19.2 Å². The van der Waals surface area contributed by atoms with E-state index in [-0.39, 0.29) is 11.7 Å². The van der Waals surface area contributed by atoms with Gasteiger partial charge in [-0.05, 0) is 43.4 Å². The van der Waals surface area contributed by atoms with E-state index in [2.05, 4.69) is 4.98 Å². The lowest BCUT2D eigenvalue weighted by Crippen LogP contribution is -2.04. The van der Waals surface area contributed by atoms with Gasteiger partial charge in [0, 0.05) is 30.2 Å². The molecule has 166 valence electrons. The Bertz CT molecular complexity index is 1050. The van der Waals surface area contributed by atoms with Crippen LogP contribution in [0.5, 0.6) is 5.88 Å². The summed E-state index contributed by atoms with van der Waals surface area (Å²) in [5, 5.41) is 11.2. The van der Waals surface area contributed by atoms with Gasteiger partial charge in [0.2, 0.25) is 5.88 Å². The van der Waals surface area contributed by atoms with E-state index >= 15 is 0 Å². The minimum atomic E-state index is -0.406. The molecule has 3 aromatic rings. The highest BCUT2D eigenvalue weighted by molar-refractivity contribution is 5.73. The number of rotatable bonds is 11. The number of nitro benzene ring substituents is 1. The highest BCUT2D eigenvalue weighted by Gasteiger charge is 2.11. The summed E-state index contributed by atoms with van der Waals surface area (Å²) in [6, 6.07) is 19.9. The van der Waals surface area contributed by atoms with Gasteiger partial charge in [-0.15, -0.1) is 0 Å². The second-order valence-electron chi connectivity index (χ2n) is 7.22. The number of esters is 1. The van der Waals surface area contributed by atoms with Gasteiger partial charge in [0.05, 0.1) is 23.8 Å². The molecule has 0 radical (unpaired) electrons. The monoisotopic (exact) mass is 434 g/mol. The molecule has 0 spiro atoms. The van der Waals surface area contributed by atoms with Crippen LogP contribution in [0.15, 0.2) is 66.7 Å². The van der Waals surface area contributed by atoms with E-state index < -0.39 is 4.92 Å². The molecule has 0 unspecified atom stereocenters. The quantitative estimate of drug-likeness (QED) is 0.163. The number of hydrogen-bond acceptors (Lipinski definition) is 6. The van der Waals surface area contributed by atoms with Crippen molar-refractivity contribution in [3.05, 3.63) is 76.8 Å². The Morgan fingerprint density at radius 2 is 1.72 bits per heavy atom. The van der Waals surface area contributed by atoms with Crippen LogP contribution >= 0.6 is 0 Å². The number of non-ortho nitro benzene ring substituents is 1. The molecule has 0 aliphatic rings. The third-order valence-electron chi connectivity index (χ3n) is 4.84. The third-order valence-corrected chi connectivity index (χ3v) is 4.84. The number of nitro groups is 1. The first kappa shape index (κ1) is 22.9. The normalized spacial score (nSPS) is 10.5. The van der Waals surface area contributed by atoms with E-state index in [0.717, 1.165) is 41.6 Å². The number of pyridine rings is 1. The van der Waals surface area contributed by atoms with Crippen molar-refractivity contribution in [3.8, 4) is 28.3 Å². The minimum absolute atomic E-state index is 0.0321. The lowest BCUT2D eigenvalue weighted by molar-refractivity contribution is -0.384. The molecular weight excluding hydrogens is 408 g/mol. The number of ether oxygens (including phenoxy) is 2. The Balaban J connectivity index is 1.74. The zero-order valence-corrected chi connectivity index (χ0v) is 18.0. The molecule has 32 heavy (non-hydrogen) atoms. The number of carbonyl (C=O) groups excluding carboxylic acids is 1. The van der Waals surface area contributed by atoms with Crippen LogP contribution in [0.2, 0.25) is 0 Å². The van der Waals surface area contributed by atoms with Crippen molar-refractivity contribution in [3.63, 3.8) is 0 Å². The molecule has 0 aliphatic carbocycles. The van der Waals surface area contributed by atoms with E-state index in [1.807, 2.05) is 42.5 Å². The van der Waals surface area contributed by atoms with Gasteiger partial charge in [-0.2, -0.15) is 0 Å². The summed E-state index contributed by atoms with van der Waals surface area (Å²) in [7, 11) is 0. The summed E-state index contributed by atoms with van der Waals surface area (Å²) in [4.78, 5) is 26.8. The Morgan fingerprint density at radius 3 is 2.47 bits per heavy atom. The topological polar surface area (TPSA) is 91.6 Å². The predicted molar refractivity (Wildman–Crippen MR) is 122 cm³/mol. The second kappa shape index (κ2) is 11.6. The molecule has 1 heterocycles. The van der Waals surface area contributed by atoms with Gasteiger partial charge in [0.15, 0.2) is 0 Å². The van der Waals surface area contributed by atoms with Crippen molar-refractivity contribution >= 4 is 11.7 Å². The summed E-state index contributed by atoms with van der Waals surface area (Å²) >= 11 is 0. The smallest absolute Gasteiger partial charge is 0.305 e. The molecule has 0 amide bonds. The van der Waals surface area contributed by atoms with Crippen LogP contribution in [0, 0.1) is 10.1 Å². The number of benzene rings is 2.